The van der Waals surface area contributed by atoms with Crippen molar-refractivity contribution in [2.75, 3.05) is 5.75 Å². The number of amides is 1. The van der Waals surface area contributed by atoms with Gasteiger partial charge in [0.1, 0.15) is 11.5 Å². The Morgan fingerprint density at radius 2 is 2.12 bits per heavy atom. The van der Waals surface area contributed by atoms with E-state index >= 15 is 0 Å². The van der Waals surface area contributed by atoms with E-state index in [9.17, 15) is 13.2 Å². The normalized spacial score (nSPS) is 17.1. The second-order valence-electron chi connectivity index (χ2n) is 2.93. The van der Waals surface area contributed by atoms with Crippen molar-refractivity contribution in [2.45, 2.75) is 0 Å². The van der Waals surface area contributed by atoms with Gasteiger partial charge in [-0.25, -0.2) is 0 Å². The van der Waals surface area contributed by atoms with Crippen LogP contribution >= 0.6 is 0 Å². The molecule has 0 saturated heterocycles. The highest BCUT2D eigenvalue weighted by Crippen LogP contribution is 2.14. The first-order valence-electron chi connectivity index (χ1n) is 4.20. The maximum absolute atomic E-state index is 11.1. The summed E-state index contributed by atoms with van der Waals surface area (Å²) in [5.74, 6) is -0.836. The molecule has 0 radical (unpaired) electrons. The predicted molar refractivity (Wildman–Crippen MR) is 59.2 cm³/mol. The van der Waals surface area contributed by atoms with Gasteiger partial charge in [0.2, 0.25) is 0 Å². The zero-order valence-corrected chi connectivity index (χ0v) is 9.14. The fourth-order valence-corrected chi connectivity index (χ4v) is 1.40. The molecule has 0 atom stereocenters. The molecule has 1 aliphatic rings. The van der Waals surface area contributed by atoms with Crippen LogP contribution in [0.5, 0.6) is 0 Å². The van der Waals surface area contributed by atoms with Crippen molar-refractivity contribution >= 4 is 21.9 Å². The number of aliphatic imine (C=N–C) groups is 1. The van der Waals surface area contributed by atoms with Gasteiger partial charge in [0.05, 0.1) is 5.75 Å². The van der Waals surface area contributed by atoms with Crippen LogP contribution in [0.15, 0.2) is 42.2 Å². The zero-order chi connectivity index (χ0) is 12.3. The molecule has 1 aliphatic heterocycles. The minimum atomic E-state index is -4.06. The topological polar surface area (TPSA) is 87.0 Å². The van der Waals surface area contributed by atoms with Gasteiger partial charge in [-0.1, -0.05) is 19.2 Å². The third-order valence-corrected chi connectivity index (χ3v) is 2.37. The molecule has 0 bridgehead atoms. The fraction of sp³-hybridized carbons (Fsp3) is 0.111. The summed E-state index contributed by atoms with van der Waals surface area (Å²) in [6.45, 7) is 6.95. The highest BCUT2D eigenvalue weighted by atomic mass is 32.2. The van der Waals surface area contributed by atoms with Crippen molar-refractivity contribution in [1.29, 1.82) is 0 Å². The number of hydrogen-bond acceptors (Lipinski definition) is 4. The highest BCUT2D eigenvalue weighted by molar-refractivity contribution is 7.85. The molecule has 7 heteroatoms. The molecule has 1 rings (SSSR count). The van der Waals surface area contributed by atoms with E-state index in [4.69, 9.17) is 4.55 Å². The average Bonchev–Trinajstić information content (AvgIpc) is 2.40. The second kappa shape index (κ2) is 4.42. The third kappa shape index (κ3) is 2.88. The predicted octanol–water partition coefficient (Wildman–Crippen LogP) is 0.328. The number of amidine groups is 1. The van der Waals surface area contributed by atoms with Crippen LogP contribution in [0.1, 0.15) is 0 Å². The summed E-state index contributed by atoms with van der Waals surface area (Å²) in [4.78, 5) is 16.1. The van der Waals surface area contributed by atoms with Crippen LogP contribution in [-0.2, 0) is 14.9 Å². The average molecular weight is 242 g/mol. The van der Waals surface area contributed by atoms with Crippen LogP contribution in [-0.4, -0.2) is 35.4 Å². The van der Waals surface area contributed by atoms with Gasteiger partial charge in [-0.3, -0.25) is 14.2 Å². The van der Waals surface area contributed by atoms with Gasteiger partial charge >= 0.3 is 0 Å². The van der Waals surface area contributed by atoms with Crippen LogP contribution in [0.2, 0.25) is 0 Å². The molecule has 0 aromatic heterocycles. The third-order valence-electron chi connectivity index (χ3n) is 1.76. The molecular formula is C9H10N2O4S. The molecule has 86 valence electrons. The van der Waals surface area contributed by atoms with Crippen LogP contribution in [0, 0.1) is 0 Å². The lowest BCUT2D eigenvalue weighted by molar-refractivity contribution is -0.114. The van der Waals surface area contributed by atoms with E-state index in [1.54, 1.807) is 0 Å². The molecular weight excluding hydrogens is 232 g/mol. The minimum absolute atomic E-state index is 0.140. The van der Waals surface area contributed by atoms with Crippen LogP contribution in [0.4, 0.5) is 0 Å². The molecule has 1 N–H and O–H groups in total. The monoisotopic (exact) mass is 242 g/mol. The molecule has 0 aliphatic carbocycles. The first kappa shape index (κ1) is 12.3. The Morgan fingerprint density at radius 3 is 2.62 bits per heavy atom. The maximum atomic E-state index is 11.1. The number of nitrogens with zero attached hydrogens (tertiary/aromatic N) is 2. The quantitative estimate of drug-likeness (QED) is 0.567. The largest absolute Gasteiger partial charge is 0.298 e. The van der Waals surface area contributed by atoms with E-state index in [1.165, 1.54) is 23.3 Å². The van der Waals surface area contributed by atoms with Gasteiger partial charge < -0.3 is 0 Å². The van der Waals surface area contributed by atoms with Crippen LogP contribution in [0.25, 0.3) is 0 Å². The van der Waals surface area contributed by atoms with E-state index < -0.39 is 21.8 Å². The van der Waals surface area contributed by atoms with Crippen molar-refractivity contribution in [3.63, 3.8) is 0 Å². The number of hydrogen-bond donors (Lipinski definition) is 1. The van der Waals surface area contributed by atoms with Crippen molar-refractivity contribution in [3.05, 3.63) is 37.2 Å². The SMILES string of the molecule is C=CN1C(=C)C(=O)N=C1/C=C\CS(=O)(=O)O. The first-order valence-corrected chi connectivity index (χ1v) is 5.81. The molecule has 6 nitrogen and oxygen atoms in total. The minimum Gasteiger partial charge on any atom is -0.298 e. The summed E-state index contributed by atoms with van der Waals surface area (Å²) in [7, 11) is -4.06. The summed E-state index contributed by atoms with van der Waals surface area (Å²) in [5, 5.41) is 0. The molecule has 0 unspecified atom stereocenters. The highest BCUT2D eigenvalue weighted by Gasteiger charge is 2.23. The van der Waals surface area contributed by atoms with Crippen molar-refractivity contribution in [2.24, 2.45) is 4.99 Å². The van der Waals surface area contributed by atoms with E-state index in [-0.39, 0.29) is 11.5 Å². The van der Waals surface area contributed by atoms with E-state index in [0.717, 1.165) is 0 Å². The molecule has 0 saturated carbocycles. The van der Waals surface area contributed by atoms with Gasteiger partial charge in [0.15, 0.2) is 0 Å². The lowest BCUT2D eigenvalue weighted by Crippen LogP contribution is -2.18. The van der Waals surface area contributed by atoms with Gasteiger partial charge in [-0.15, -0.1) is 0 Å². The van der Waals surface area contributed by atoms with Crippen molar-refractivity contribution in [1.82, 2.24) is 4.90 Å². The summed E-state index contributed by atoms with van der Waals surface area (Å²) in [6.07, 6.45) is 3.81. The summed E-state index contributed by atoms with van der Waals surface area (Å²) < 4.78 is 29.3. The Morgan fingerprint density at radius 1 is 1.50 bits per heavy atom. The van der Waals surface area contributed by atoms with Crippen LogP contribution < -0.4 is 0 Å². The van der Waals surface area contributed by atoms with E-state index in [2.05, 4.69) is 18.2 Å². The second-order valence-corrected chi connectivity index (χ2v) is 4.42. The Labute approximate surface area is 93.0 Å². The van der Waals surface area contributed by atoms with Gasteiger partial charge in [0.25, 0.3) is 16.0 Å². The Balaban J connectivity index is 2.82. The zero-order valence-electron chi connectivity index (χ0n) is 8.33. The molecule has 0 fully saturated rings. The Bertz CT molecular complexity index is 502. The smallest absolute Gasteiger partial charge is 0.295 e. The molecule has 0 aromatic rings. The summed E-state index contributed by atoms with van der Waals surface area (Å²) in [5.41, 5.74) is 0.140. The molecule has 1 amide bonds. The standard InChI is InChI=1S/C9H10N2O4S/c1-3-11-7(2)9(12)10-8(11)5-4-6-16(13,14)15/h3-5H,1-2,6H2,(H,13,14,15)/b5-4-. The lowest BCUT2D eigenvalue weighted by atomic mass is 10.4. The fourth-order valence-electron chi connectivity index (χ4n) is 1.06. The summed E-state index contributed by atoms with van der Waals surface area (Å²) in [6, 6.07) is 0. The maximum Gasteiger partial charge on any atom is 0.295 e. The first-order chi connectivity index (χ1) is 7.35. The van der Waals surface area contributed by atoms with Gasteiger partial charge in [-0.05, 0) is 6.08 Å². The lowest BCUT2D eigenvalue weighted by Gasteiger charge is -2.11. The molecule has 16 heavy (non-hydrogen) atoms. The van der Waals surface area contributed by atoms with E-state index in [1.807, 2.05) is 0 Å². The van der Waals surface area contributed by atoms with Crippen molar-refractivity contribution < 1.29 is 17.8 Å². The van der Waals surface area contributed by atoms with Gasteiger partial charge in [-0.2, -0.15) is 13.4 Å². The van der Waals surface area contributed by atoms with Crippen molar-refractivity contribution in [3.8, 4) is 0 Å². The molecule has 0 spiro atoms. The van der Waals surface area contributed by atoms with Gasteiger partial charge in [0, 0.05) is 6.20 Å². The van der Waals surface area contributed by atoms with E-state index in [0.29, 0.717) is 0 Å². The Hall–Kier alpha value is -1.73. The molecule has 0 aromatic carbocycles. The van der Waals surface area contributed by atoms with Crippen LogP contribution in [0.3, 0.4) is 0 Å². The Kier molecular flexibility index (Phi) is 3.41. The summed E-state index contributed by atoms with van der Waals surface area (Å²) >= 11 is 0. The molecule has 1 heterocycles. The number of carbonyl (C=O) groups is 1. The number of carbonyl (C=O) groups excluding carboxylic acids is 1. The number of rotatable bonds is 4.